The molecule has 100 valence electrons. The maximum atomic E-state index is 14.1. The Hall–Kier alpha value is -1.22. The molecule has 0 aliphatic carbocycles. The Kier molecular flexibility index (Phi) is 3.28. The molecule has 2 rings (SSSR count). The minimum Gasteiger partial charge on any atom is -0.394 e. The lowest BCUT2D eigenvalue weighted by Crippen LogP contribution is -2.41. The summed E-state index contributed by atoms with van der Waals surface area (Å²) in [5.41, 5.74) is -1.59. The van der Waals surface area contributed by atoms with Gasteiger partial charge in [-0.1, -0.05) is 11.6 Å². The van der Waals surface area contributed by atoms with Crippen molar-refractivity contribution in [2.24, 2.45) is 0 Å². The molecule has 0 aromatic carbocycles. The molecule has 1 saturated heterocycles. The van der Waals surface area contributed by atoms with Gasteiger partial charge in [-0.3, -0.25) is 14.3 Å². The molecule has 18 heavy (non-hydrogen) atoms. The molecular weight excluding hydrogens is 271 g/mol. The summed E-state index contributed by atoms with van der Waals surface area (Å²) in [5.74, 6) is 0. The predicted octanol–water partition coefficient (Wildman–Crippen LogP) is -1.31. The fourth-order valence-corrected chi connectivity index (χ4v) is 2.03. The number of hydrogen-bond donors (Lipinski definition) is 3. The Balaban J connectivity index is 2.45. The van der Waals surface area contributed by atoms with E-state index in [1.54, 1.807) is 0 Å². The van der Waals surface area contributed by atoms with E-state index in [0.29, 0.717) is 4.57 Å². The predicted molar refractivity (Wildman–Crippen MR) is 58.0 cm³/mol. The summed E-state index contributed by atoms with van der Waals surface area (Å²) in [5, 5.41) is 15.6. The molecule has 3 N–H and O–H groups in total. The molecular formula is C9H10ClFN2O5. The van der Waals surface area contributed by atoms with E-state index in [2.05, 4.69) is 0 Å². The van der Waals surface area contributed by atoms with Gasteiger partial charge in [0.05, 0.1) is 6.61 Å². The molecule has 0 radical (unpaired) electrons. The summed E-state index contributed by atoms with van der Waals surface area (Å²) in [6, 6.07) is 0.983. The molecule has 9 heteroatoms. The number of aliphatic hydroxyl groups excluding tert-OH is 2. The van der Waals surface area contributed by atoms with Crippen molar-refractivity contribution in [1.82, 2.24) is 9.55 Å². The molecule has 1 aliphatic rings. The van der Waals surface area contributed by atoms with Crippen molar-refractivity contribution < 1.29 is 19.3 Å². The quantitative estimate of drug-likeness (QED) is 0.584. The fourth-order valence-electron chi connectivity index (χ4n) is 1.73. The number of halogens is 2. The van der Waals surface area contributed by atoms with E-state index in [1.165, 1.54) is 0 Å². The number of aromatic nitrogens is 2. The van der Waals surface area contributed by atoms with E-state index in [1.807, 2.05) is 4.98 Å². The monoisotopic (exact) mass is 280 g/mol. The lowest BCUT2D eigenvalue weighted by Gasteiger charge is -2.22. The third-order valence-electron chi connectivity index (χ3n) is 2.66. The first-order valence-corrected chi connectivity index (χ1v) is 5.39. The first kappa shape index (κ1) is 13.2. The highest BCUT2D eigenvalue weighted by atomic mass is 35.5. The van der Waals surface area contributed by atoms with Crippen molar-refractivity contribution in [3.8, 4) is 0 Å². The Morgan fingerprint density at radius 3 is 2.78 bits per heavy atom. The van der Waals surface area contributed by atoms with Gasteiger partial charge in [0.1, 0.15) is 12.2 Å². The van der Waals surface area contributed by atoms with Crippen molar-refractivity contribution in [3.05, 3.63) is 33.1 Å². The lowest BCUT2D eigenvalue weighted by molar-refractivity contribution is -0.0518. The number of aromatic amines is 1. The summed E-state index contributed by atoms with van der Waals surface area (Å²) in [6.45, 7) is -0.659. The third kappa shape index (κ3) is 1.97. The van der Waals surface area contributed by atoms with Crippen LogP contribution < -0.4 is 11.2 Å². The summed E-state index contributed by atoms with van der Waals surface area (Å²) < 4.78 is 19.8. The molecule has 0 spiro atoms. The van der Waals surface area contributed by atoms with Crippen LogP contribution in [0.5, 0.6) is 0 Å². The van der Waals surface area contributed by atoms with E-state index in [0.717, 1.165) is 12.3 Å². The second-order valence-corrected chi connectivity index (χ2v) is 4.43. The van der Waals surface area contributed by atoms with Crippen LogP contribution in [0.4, 0.5) is 4.39 Å². The van der Waals surface area contributed by atoms with Crippen LogP contribution in [0.1, 0.15) is 6.23 Å². The molecule has 0 bridgehead atoms. The van der Waals surface area contributed by atoms with Crippen molar-refractivity contribution in [3.63, 3.8) is 0 Å². The Morgan fingerprint density at radius 1 is 1.61 bits per heavy atom. The van der Waals surface area contributed by atoms with E-state index in [-0.39, 0.29) is 0 Å². The van der Waals surface area contributed by atoms with Gasteiger partial charge in [-0.05, 0) is 0 Å². The average molecular weight is 281 g/mol. The first-order valence-electron chi connectivity index (χ1n) is 5.01. The smallest absolute Gasteiger partial charge is 0.330 e. The maximum absolute atomic E-state index is 14.1. The zero-order valence-electron chi connectivity index (χ0n) is 8.92. The minimum absolute atomic E-state index is 0.659. The molecule has 1 aliphatic heterocycles. The normalized spacial score (nSPS) is 35.9. The van der Waals surface area contributed by atoms with E-state index in [4.69, 9.17) is 21.4 Å². The second kappa shape index (κ2) is 4.47. The van der Waals surface area contributed by atoms with Gasteiger partial charge in [-0.15, -0.1) is 0 Å². The van der Waals surface area contributed by atoms with Crippen molar-refractivity contribution in [2.45, 2.75) is 23.6 Å². The molecule has 7 nitrogen and oxygen atoms in total. The topological polar surface area (TPSA) is 105 Å². The number of hydrogen-bond acceptors (Lipinski definition) is 5. The van der Waals surface area contributed by atoms with Gasteiger partial charge < -0.3 is 14.9 Å². The minimum atomic E-state index is -2.78. The number of aliphatic hydroxyl groups is 2. The van der Waals surface area contributed by atoms with Gasteiger partial charge in [0.2, 0.25) is 0 Å². The van der Waals surface area contributed by atoms with Crippen LogP contribution in [0.3, 0.4) is 0 Å². The van der Waals surface area contributed by atoms with Gasteiger partial charge in [0.25, 0.3) is 10.7 Å². The van der Waals surface area contributed by atoms with Crippen LogP contribution in [0.2, 0.25) is 0 Å². The number of nitrogens with zero attached hydrogens (tertiary/aromatic N) is 1. The third-order valence-corrected chi connectivity index (χ3v) is 3.07. The van der Waals surface area contributed by atoms with Crippen molar-refractivity contribution >= 4 is 11.6 Å². The van der Waals surface area contributed by atoms with Gasteiger partial charge in [-0.25, -0.2) is 9.18 Å². The van der Waals surface area contributed by atoms with E-state index < -0.39 is 41.4 Å². The van der Waals surface area contributed by atoms with Crippen LogP contribution in [0.25, 0.3) is 0 Å². The maximum Gasteiger partial charge on any atom is 0.330 e. The molecule has 1 aromatic rings. The van der Waals surface area contributed by atoms with Crippen LogP contribution in [-0.2, 0) is 4.74 Å². The molecule has 2 heterocycles. The van der Waals surface area contributed by atoms with E-state index >= 15 is 0 Å². The van der Waals surface area contributed by atoms with Crippen molar-refractivity contribution in [2.75, 3.05) is 6.61 Å². The number of alkyl halides is 2. The largest absolute Gasteiger partial charge is 0.394 e. The number of H-pyrrole nitrogens is 1. The fraction of sp³-hybridized carbons (Fsp3) is 0.556. The van der Waals surface area contributed by atoms with Gasteiger partial charge in [0, 0.05) is 12.3 Å². The van der Waals surface area contributed by atoms with Crippen LogP contribution in [0, 0.1) is 0 Å². The van der Waals surface area contributed by atoms with Crippen LogP contribution in [-0.4, -0.2) is 43.7 Å². The number of ether oxygens (including phenoxy) is 1. The summed E-state index contributed by atoms with van der Waals surface area (Å²) >= 11 is 5.50. The number of rotatable bonds is 2. The highest BCUT2D eigenvalue weighted by molar-refractivity contribution is 6.23. The summed E-state index contributed by atoms with van der Waals surface area (Å²) in [4.78, 5) is 24.3. The molecule has 2 unspecified atom stereocenters. The Bertz CT molecular complexity index is 556. The Morgan fingerprint density at radius 2 is 2.28 bits per heavy atom. The SMILES string of the molecule is O=c1ccn([C@H]2O[C@@H](CO)C(O)C2(F)Cl)c(=O)[nH]1. The Labute approximate surface area is 104 Å². The molecule has 0 amide bonds. The summed E-state index contributed by atoms with van der Waals surface area (Å²) in [6.07, 6.45) is -3.70. The highest BCUT2D eigenvalue weighted by Gasteiger charge is 2.57. The standard InChI is InChI=1S/C9H10ClFN2O5/c10-9(11)6(16)4(3-14)18-7(9)13-2-1-5(15)12-8(13)17/h1-2,4,6-7,14,16H,3H2,(H,12,15,17)/t4-,6?,7-,9?/m0/s1. The lowest BCUT2D eigenvalue weighted by atomic mass is 10.1. The zero-order valence-corrected chi connectivity index (χ0v) is 9.67. The van der Waals surface area contributed by atoms with Crippen molar-refractivity contribution in [1.29, 1.82) is 0 Å². The number of nitrogens with one attached hydrogen (secondary N) is 1. The molecule has 4 atom stereocenters. The van der Waals surface area contributed by atoms with Gasteiger partial charge in [0.15, 0.2) is 6.23 Å². The second-order valence-electron chi connectivity index (χ2n) is 3.85. The van der Waals surface area contributed by atoms with E-state index in [9.17, 15) is 19.1 Å². The first-order chi connectivity index (χ1) is 8.37. The molecule has 1 aromatic heterocycles. The van der Waals surface area contributed by atoms with Crippen LogP contribution >= 0.6 is 11.6 Å². The van der Waals surface area contributed by atoms with Gasteiger partial charge >= 0.3 is 5.69 Å². The molecule has 0 saturated carbocycles. The van der Waals surface area contributed by atoms with Crippen LogP contribution in [0.15, 0.2) is 21.9 Å². The van der Waals surface area contributed by atoms with Gasteiger partial charge in [-0.2, -0.15) is 0 Å². The summed E-state index contributed by atoms with van der Waals surface area (Å²) in [7, 11) is 0. The zero-order chi connectivity index (χ0) is 13.5. The molecule has 1 fully saturated rings. The highest BCUT2D eigenvalue weighted by Crippen LogP contribution is 2.43. The average Bonchev–Trinajstić information content (AvgIpc) is 2.52.